The number of ketones is 1. The monoisotopic (exact) mass is 472 g/mol. The van der Waals surface area contributed by atoms with Gasteiger partial charge in [0.2, 0.25) is 0 Å². The molecule has 5 rings (SSSR count). The summed E-state index contributed by atoms with van der Waals surface area (Å²) in [6.07, 6.45) is 0.732. The first-order valence-electron chi connectivity index (χ1n) is 11.8. The van der Waals surface area contributed by atoms with Crippen molar-refractivity contribution in [2.24, 2.45) is 5.41 Å². The fourth-order valence-electron chi connectivity index (χ4n) is 5.00. The van der Waals surface area contributed by atoms with E-state index in [-0.39, 0.29) is 23.1 Å². The number of hydrogen-bond acceptors (Lipinski definition) is 5. The quantitative estimate of drug-likeness (QED) is 0.361. The van der Waals surface area contributed by atoms with Gasteiger partial charge in [0.25, 0.3) is 0 Å². The van der Waals surface area contributed by atoms with E-state index in [0.717, 1.165) is 5.56 Å². The van der Waals surface area contributed by atoms with E-state index in [9.17, 15) is 9.90 Å². The maximum Gasteiger partial charge on any atom is 0.163 e. The Morgan fingerprint density at radius 3 is 2.57 bits per heavy atom. The van der Waals surface area contributed by atoms with Crippen LogP contribution in [0.1, 0.15) is 56.9 Å². The van der Waals surface area contributed by atoms with Crippen LogP contribution in [0.4, 0.5) is 15.8 Å². The van der Waals surface area contributed by atoms with E-state index in [4.69, 9.17) is 4.74 Å². The Morgan fingerprint density at radius 1 is 1.06 bits per heavy atom. The topological polar surface area (TPSA) is 70.6 Å². The number of anilines is 2. The Kier molecular flexibility index (Phi) is 5.75. The number of allylic oxidation sites excluding steroid dienone is 1. The van der Waals surface area contributed by atoms with E-state index in [0.29, 0.717) is 46.8 Å². The number of phenolic OH excluding ortho intramolecular Hbond substituents is 1. The normalized spacial score (nSPS) is 19.5. The number of carbonyl (C=O) groups is 1. The number of phenols is 1. The highest BCUT2D eigenvalue weighted by atomic mass is 19.1. The Labute approximate surface area is 204 Å². The fourth-order valence-corrected chi connectivity index (χ4v) is 5.00. The van der Waals surface area contributed by atoms with E-state index in [1.54, 1.807) is 30.3 Å². The van der Waals surface area contributed by atoms with Crippen molar-refractivity contribution in [3.05, 3.63) is 94.9 Å². The summed E-state index contributed by atoms with van der Waals surface area (Å²) in [6, 6.07) is 18.9. The third-order valence-electron chi connectivity index (χ3n) is 6.69. The fraction of sp³-hybridized carbons (Fsp3) is 0.276. The zero-order valence-electron chi connectivity index (χ0n) is 20.1. The highest BCUT2D eigenvalue weighted by Crippen LogP contribution is 2.47. The van der Waals surface area contributed by atoms with Gasteiger partial charge in [-0.1, -0.05) is 50.2 Å². The van der Waals surface area contributed by atoms with Gasteiger partial charge in [0, 0.05) is 29.3 Å². The van der Waals surface area contributed by atoms with Crippen LogP contribution in [0.2, 0.25) is 0 Å². The van der Waals surface area contributed by atoms with Crippen molar-refractivity contribution in [1.29, 1.82) is 0 Å². The predicted molar refractivity (Wildman–Crippen MR) is 135 cm³/mol. The summed E-state index contributed by atoms with van der Waals surface area (Å²) in [4.78, 5) is 13.3. The van der Waals surface area contributed by atoms with Gasteiger partial charge in [-0.15, -0.1) is 0 Å². The van der Waals surface area contributed by atoms with Crippen molar-refractivity contribution < 1.29 is 19.0 Å². The van der Waals surface area contributed by atoms with Crippen LogP contribution in [-0.4, -0.2) is 10.9 Å². The van der Waals surface area contributed by atoms with Crippen LogP contribution in [0.25, 0.3) is 0 Å². The minimum absolute atomic E-state index is 0.0361. The standard InChI is InChI=1S/C29H29FN2O3/c1-17(18-8-5-4-6-9-18)35-19-12-13-20(21(30)14-19)27-26-23(15-29(2,3)16-25(26)34)32-28-22(31-27)10-7-11-24(28)33/h4-14,17,27,31-33H,15-16H2,1-3H3/t17-,27?/m0/s1. The summed E-state index contributed by atoms with van der Waals surface area (Å²) < 4.78 is 21.6. The van der Waals surface area contributed by atoms with E-state index in [1.165, 1.54) is 6.07 Å². The molecule has 0 amide bonds. The predicted octanol–water partition coefficient (Wildman–Crippen LogP) is 6.89. The lowest BCUT2D eigenvalue weighted by Gasteiger charge is -2.34. The van der Waals surface area contributed by atoms with Gasteiger partial charge in [0.05, 0.1) is 11.7 Å². The number of benzene rings is 3. The number of halogens is 1. The Hall–Kier alpha value is -3.80. The number of rotatable bonds is 4. The lowest BCUT2D eigenvalue weighted by atomic mass is 9.73. The molecule has 0 spiro atoms. The molecule has 5 nitrogen and oxygen atoms in total. The van der Waals surface area contributed by atoms with Gasteiger partial charge in [-0.2, -0.15) is 0 Å². The summed E-state index contributed by atoms with van der Waals surface area (Å²) in [5.41, 5.74) is 3.41. The van der Waals surface area contributed by atoms with Crippen LogP contribution >= 0.6 is 0 Å². The minimum atomic E-state index is -0.704. The summed E-state index contributed by atoms with van der Waals surface area (Å²) >= 11 is 0. The first kappa shape index (κ1) is 23.0. The molecule has 3 N–H and O–H groups in total. The second-order valence-corrected chi connectivity index (χ2v) is 10.1. The van der Waals surface area contributed by atoms with Crippen molar-refractivity contribution in [2.45, 2.75) is 45.8 Å². The number of carbonyl (C=O) groups excluding carboxylic acids is 1. The van der Waals surface area contributed by atoms with Crippen LogP contribution in [0.3, 0.4) is 0 Å². The zero-order valence-corrected chi connectivity index (χ0v) is 20.1. The molecule has 1 aliphatic carbocycles. The van der Waals surface area contributed by atoms with E-state index in [2.05, 4.69) is 10.6 Å². The van der Waals surface area contributed by atoms with Crippen molar-refractivity contribution in [1.82, 2.24) is 0 Å². The number of Topliss-reactive ketones (excluding diaryl/α,β-unsaturated/α-hetero) is 1. The van der Waals surface area contributed by atoms with E-state index < -0.39 is 11.9 Å². The first-order valence-corrected chi connectivity index (χ1v) is 11.8. The van der Waals surface area contributed by atoms with Crippen LogP contribution in [0.5, 0.6) is 11.5 Å². The third kappa shape index (κ3) is 4.48. The molecule has 3 aromatic carbocycles. The van der Waals surface area contributed by atoms with Crippen molar-refractivity contribution in [2.75, 3.05) is 10.6 Å². The zero-order chi connectivity index (χ0) is 24.7. The summed E-state index contributed by atoms with van der Waals surface area (Å²) in [6.45, 7) is 5.99. The molecular formula is C29H29FN2O3. The number of aromatic hydroxyl groups is 1. The molecule has 35 heavy (non-hydrogen) atoms. The third-order valence-corrected chi connectivity index (χ3v) is 6.69. The summed E-state index contributed by atoms with van der Waals surface area (Å²) in [5.74, 6) is -0.0190. The maximum absolute atomic E-state index is 15.6. The second kappa shape index (κ2) is 8.77. The lowest BCUT2D eigenvalue weighted by molar-refractivity contribution is -0.118. The Balaban J connectivity index is 1.53. The highest BCUT2D eigenvalue weighted by molar-refractivity contribution is 6.01. The van der Waals surface area contributed by atoms with Crippen LogP contribution < -0.4 is 15.4 Å². The molecule has 180 valence electrons. The first-order chi connectivity index (χ1) is 16.7. The molecule has 1 aliphatic heterocycles. The number of hydrogen-bond donors (Lipinski definition) is 3. The van der Waals surface area contributed by atoms with E-state index in [1.807, 2.05) is 51.1 Å². The highest BCUT2D eigenvalue weighted by Gasteiger charge is 2.39. The molecule has 0 fully saturated rings. The number of fused-ring (bicyclic) bond motifs is 1. The smallest absolute Gasteiger partial charge is 0.163 e. The molecular weight excluding hydrogens is 443 g/mol. The van der Waals surface area contributed by atoms with Gasteiger partial charge in [-0.05, 0) is 48.6 Å². The number of nitrogens with one attached hydrogen (secondary N) is 2. The molecule has 0 saturated carbocycles. The van der Waals surface area contributed by atoms with Crippen molar-refractivity contribution in [3.63, 3.8) is 0 Å². The van der Waals surface area contributed by atoms with Crippen molar-refractivity contribution in [3.8, 4) is 11.5 Å². The maximum atomic E-state index is 15.6. The molecule has 0 bridgehead atoms. The Morgan fingerprint density at radius 2 is 1.83 bits per heavy atom. The van der Waals surface area contributed by atoms with Crippen LogP contribution in [0.15, 0.2) is 78.0 Å². The molecule has 3 aromatic rings. The molecule has 1 unspecified atom stereocenters. The van der Waals surface area contributed by atoms with Gasteiger partial charge in [-0.3, -0.25) is 4.79 Å². The summed E-state index contributed by atoms with van der Waals surface area (Å²) in [5, 5.41) is 17.1. The minimum Gasteiger partial charge on any atom is -0.506 e. The average Bonchev–Trinajstić information content (AvgIpc) is 2.96. The van der Waals surface area contributed by atoms with Gasteiger partial charge >= 0.3 is 0 Å². The van der Waals surface area contributed by atoms with Crippen LogP contribution in [0, 0.1) is 11.2 Å². The van der Waals surface area contributed by atoms with Crippen molar-refractivity contribution >= 4 is 17.2 Å². The lowest BCUT2D eigenvalue weighted by Crippen LogP contribution is -2.31. The molecule has 6 heteroatoms. The van der Waals surface area contributed by atoms with Gasteiger partial charge in [0.15, 0.2) is 5.78 Å². The molecule has 0 saturated heterocycles. The Bertz CT molecular complexity index is 1320. The molecule has 0 aromatic heterocycles. The number of ether oxygens (including phenoxy) is 1. The number of para-hydroxylation sites is 1. The second-order valence-electron chi connectivity index (χ2n) is 10.1. The van der Waals surface area contributed by atoms with Crippen LogP contribution in [-0.2, 0) is 4.79 Å². The molecule has 2 aliphatic rings. The molecule has 2 atom stereocenters. The van der Waals surface area contributed by atoms with E-state index >= 15 is 4.39 Å². The average molecular weight is 473 g/mol. The molecule has 0 radical (unpaired) electrons. The van der Waals surface area contributed by atoms with Gasteiger partial charge in [0.1, 0.15) is 29.1 Å². The van der Waals surface area contributed by atoms with Gasteiger partial charge in [-0.25, -0.2) is 4.39 Å². The largest absolute Gasteiger partial charge is 0.506 e. The summed E-state index contributed by atoms with van der Waals surface area (Å²) in [7, 11) is 0. The van der Waals surface area contributed by atoms with Gasteiger partial charge < -0.3 is 20.5 Å². The SMILES string of the molecule is C[C@H](Oc1ccc(C2Nc3cccc(O)c3NC3=C2C(=O)CC(C)(C)C3)c(F)c1)c1ccccc1. The molecule has 1 heterocycles.